The molecule has 1 atom stereocenters. The summed E-state index contributed by atoms with van der Waals surface area (Å²) in [5, 5.41) is 7.76. The van der Waals surface area contributed by atoms with Crippen LogP contribution in [0.2, 0.25) is 0 Å². The van der Waals surface area contributed by atoms with E-state index < -0.39 is 11.6 Å². The molecule has 0 N–H and O–H groups in total. The summed E-state index contributed by atoms with van der Waals surface area (Å²) in [6.07, 6.45) is 2.93. The standard InChI is InChI=1S/C14H22N4O4/c1-14(2,3)22-13(20)17-7-5-6-10(8-17)18-9-11(15-16-18)12(19)21-4/h9-10H,5-8H2,1-4H3/t10-/m1/s1. The van der Waals surface area contributed by atoms with E-state index >= 15 is 0 Å². The molecule has 1 aromatic rings. The molecule has 8 heteroatoms. The number of carbonyl (C=O) groups excluding carboxylic acids is 2. The summed E-state index contributed by atoms with van der Waals surface area (Å²) in [4.78, 5) is 25.2. The molecule has 8 nitrogen and oxygen atoms in total. The average Bonchev–Trinajstić information content (AvgIpc) is 2.94. The highest BCUT2D eigenvalue weighted by atomic mass is 16.6. The maximum Gasteiger partial charge on any atom is 0.410 e. The van der Waals surface area contributed by atoms with Crippen LogP contribution in [0.1, 0.15) is 50.1 Å². The van der Waals surface area contributed by atoms with Gasteiger partial charge in [0.1, 0.15) is 5.60 Å². The molecule has 0 bridgehead atoms. The van der Waals surface area contributed by atoms with Crippen LogP contribution in [0.4, 0.5) is 4.79 Å². The van der Waals surface area contributed by atoms with Crippen molar-refractivity contribution in [3.05, 3.63) is 11.9 Å². The summed E-state index contributed by atoms with van der Waals surface area (Å²) in [5.41, 5.74) is -0.355. The summed E-state index contributed by atoms with van der Waals surface area (Å²) in [7, 11) is 1.30. The lowest BCUT2D eigenvalue weighted by Crippen LogP contribution is -2.43. The smallest absolute Gasteiger partial charge is 0.410 e. The number of piperidine rings is 1. The van der Waals surface area contributed by atoms with Crippen molar-refractivity contribution in [2.75, 3.05) is 20.2 Å². The Morgan fingerprint density at radius 3 is 2.73 bits per heavy atom. The number of amides is 1. The van der Waals surface area contributed by atoms with Crippen LogP contribution in [-0.4, -0.2) is 57.8 Å². The number of rotatable bonds is 2. The van der Waals surface area contributed by atoms with Gasteiger partial charge in [-0.2, -0.15) is 0 Å². The van der Waals surface area contributed by atoms with Crippen molar-refractivity contribution in [1.29, 1.82) is 0 Å². The normalized spacial score (nSPS) is 18.9. The zero-order valence-corrected chi connectivity index (χ0v) is 13.4. The van der Waals surface area contributed by atoms with Gasteiger partial charge in [-0.25, -0.2) is 14.3 Å². The van der Waals surface area contributed by atoms with E-state index in [9.17, 15) is 9.59 Å². The predicted octanol–water partition coefficient (Wildman–Crippen LogP) is 1.64. The monoisotopic (exact) mass is 310 g/mol. The summed E-state index contributed by atoms with van der Waals surface area (Å²) in [6, 6.07) is -0.0211. The van der Waals surface area contributed by atoms with Crippen molar-refractivity contribution in [3.63, 3.8) is 0 Å². The largest absolute Gasteiger partial charge is 0.464 e. The molecule has 0 aliphatic carbocycles. The van der Waals surface area contributed by atoms with E-state index in [4.69, 9.17) is 4.74 Å². The van der Waals surface area contributed by atoms with Crippen LogP contribution in [0.25, 0.3) is 0 Å². The van der Waals surface area contributed by atoms with Gasteiger partial charge in [-0.1, -0.05) is 5.21 Å². The lowest BCUT2D eigenvalue weighted by molar-refractivity contribution is 0.0166. The fourth-order valence-corrected chi connectivity index (χ4v) is 2.32. The molecule has 122 valence electrons. The zero-order valence-electron chi connectivity index (χ0n) is 13.4. The van der Waals surface area contributed by atoms with Gasteiger partial charge in [0, 0.05) is 13.1 Å². The number of carbonyl (C=O) groups is 2. The summed E-state index contributed by atoms with van der Waals surface area (Å²) in [6.45, 7) is 6.66. The van der Waals surface area contributed by atoms with Gasteiger partial charge in [-0.05, 0) is 33.6 Å². The average molecular weight is 310 g/mol. The molecule has 1 aliphatic rings. The minimum atomic E-state index is -0.522. The van der Waals surface area contributed by atoms with Gasteiger partial charge in [0.15, 0.2) is 5.69 Å². The molecule has 1 saturated heterocycles. The highest BCUT2D eigenvalue weighted by Gasteiger charge is 2.29. The zero-order chi connectivity index (χ0) is 16.3. The molecular formula is C14H22N4O4. The highest BCUT2D eigenvalue weighted by Crippen LogP contribution is 2.22. The van der Waals surface area contributed by atoms with Crippen LogP contribution in [0.15, 0.2) is 6.20 Å². The molecule has 0 aromatic carbocycles. The molecule has 1 fully saturated rings. The second kappa shape index (κ2) is 6.33. The maximum absolute atomic E-state index is 12.1. The first kappa shape index (κ1) is 16.3. The van der Waals surface area contributed by atoms with Crippen molar-refractivity contribution in [1.82, 2.24) is 19.9 Å². The minimum Gasteiger partial charge on any atom is -0.464 e. The molecule has 0 spiro atoms. The van der Waals surface area contributed by atoms with Crippen LogP contribution in [0.3, 0.4) is 0 Å². The van der Waals surface area contributed by atoms with Crippen molar-refractivity contribution < 1.29 is 19.1 Å². The lowest BCUT2D eigenvalue weighted by Gasteiger charge is -2.33. The SMILES string of the molecule is COC(=O)c1cn([C@@H]2CCCN(C(=O)OC(C)(C)C)C2)nn1. The molecular weight excluding hydrogens is 288 g/mol. The maximum atomic E-state index is 12.1. The topological polar surface area (TPSA) is 86.5 Å². The van der Waals surface area contributed by atoms with E-state index in [0.29, 0.717) is 13.1 Å². The van der Waals surface area contributed by atoms with E-state index in [1.807, 2.05) is 20.8 Å². The third-order valence-electron chi connectivity index (χ3n) is 3.33. The number of hydrogen-bond donors (Lipinski definition) is 0. The van der Waals surface area contributed by atoms with E-state index in [2.05, 4.69) is 15.0 Å². The number of methoxy groups -OCH3 is 1. The van der Waals surface area contributed by atoms with Crippen LogP contribution in [0, 0.1) is 0 Å². The van der Waals surface area contributed by atoms with Gasteiger partial charge in [-0.15, -0.1) is 5.10 Å². The summed E-state index contributed by atoms with van der Waals surface area (Å²) >= 11 is 0. The van der Waals surface area contributed by atoms with Gasteiger partial charge in [0.25, 0.3) is 0 Å². The van der Waals surface area contributed by atoms with Crippen LogP contribution >= 0.6 is 0 Å². The van der Waals surface area contributed by atoms with Crippen molar-refractivity contribution in [2.24, 2.45) is 0 Å². The Morgan fingerprint density at radius 2 is 2.09 bits per heavy atom. The van der Waals surface area contributed by atoms with Gasteiger partial charge in [-0.3, -0.25) is 0 Å². The van der Waals surface area contributed by atoms with Crippen LogP contribution < -0.4 is 0 Å². The number of nitrogens with zero attached hydrogens (tertiary/aromatic N) is 4. The first-order valence-electron chi connectivity index (χ1n) is 7.28. The quantitative estimate of drug-likeness (QED) is 0.772. The number of esters is 1. The first-order valence-corrected chi connectivity index (χ1v) is 7.28. The molecule has 0 unspecified atom stereocenters. The number of hydrogen-bond acceptors (Lipinski definition) is 6. The third-order valence-corrected chi connectivity index (χ3v) is 3.33. The van der Waals surface area contributed by atoms with Crippen molar-refractivity contribution in [3.8, 4) is 0 Å². The fourth-order valence-electron chi connectivity index (χ4n) is 2.32. The van der Waals surface area contributed by atoms with Gasteiger partial charge < -0.3 is 14.4 Å². The Labute approximate surface area is 129 Å². The van der Waals surface area contributed by atoms with Crippen LogP contribution in [0.5, 0.6) is 0 Å². The number of aromatic nitrogens is 3. The Bertz CT molecular complexity index is 549. The fraction of sp³-hybridized carbons (Fsp3) is 0.714. The second-order valence-electron chi connectivity index (χ2n) is 6.30. The predicted molar refractivity (Wildman–Crippen MR) is 77.4 cm³/mol. The Morgan fingerprint density at radius 1 is 1.36 bits per heavy atom. The molecule has 0 radical (unpaired) electrons. The molecule has 1 aromatic heterocycles. The highest BCUT2D eigenvalue weighted by molar-refractivity contribution is 5.86. The van der Waals surface area contributed by atoms with E-state index in [0.717, 1.165) is 12.8 Å². The third kappa shape index (κ3) is 3.96. The molecule has 1 aliphatic heterocycles. The second-order valence-corrected chi connectivity index (χ2v) is 6.30. The van der Waals surface area contributed by atoms with Crippen LogP contribution in [-0.2, 0) is 9.47 Å². The Hall–Kier alpha value is -2.12. The van der Waals surface area contributed by atoms with Gasteiger partial charge in [0.2, 0.25) is 0 Å². The Balaban J connectivity index is 2.03. The number of ether oxygens (including phenoxy) is 2. The molecule has 2 rings (SSSR count). The van der Waals surface area contributed by atoms with E-state index in [1.165, 1.54) is 7.11 Å². The summed E-state index contributed by atoms with van der Waals surface area (Å²) < 4.78 is 11.6. The minimum absolute atomic E-state index is 0.0211. The Kier molecular flexibility index (Phi) is 4.68. The van der Waals surface area contributed by atoms with Gasteiger partial charge in [0.05, 0.1) is 19.3 Å². The molecule has 22 heavy (non-hydrogen) atoms. The molecule has 1 amide bonds. The molecule has 2 heterocycles. The number of likely N-dealkylation sites (tertiary alicyclic amines) is 1. The summed E-state index contributed by atoms with van der Waals surface area (Å²) in [5.74, 6) is -0.522. The van der Waals surface area contributed by atoms with E-state index in [1.54, 1.807) is 15.8 Å². The molecule has 0 saturated carbocycles. The van der Waals surface area contributed by atoms with Crippen molar-refractivity contribution >= 4 is 12.1 Å². The van der Waals surface area contributed by atoms with Crippen molar-refractivity contribution in [2.45, 2.75) is 45.3 Å². The lowest BCUT2D eigenvalue weighted by atomic mass is 10.1. The van der Waals surface area contributed by atoms with Gasteiger partial charge >= 0.3 is 12.1 Å². The van der Waals surface area contributed by atoms with E-state index in [-0.39, 0.29) is 17.8 Å². The first-order chi connectivity index (χ1) is 10.3.